The number of benzene rings is 2. The van der Waals surface area contributed by atoms with Gasteiger partial charge >= 0.3 is 6.03 Å². The molecule has 1 aromatic heterocycles. The first-order valence-corrected chi connectivity index (χ1v) is 10.6. The van der Waals surface area contributed by atoms with Crippen molar-refractivity contribution in [2.45, 2.75) is 19.9 Å². The molecule has 2 heterocycles. The van der Waals surface area contributed by atoms with E-state index >= 15 is 4.39 Å². The van der Waals surface area contributed by atoms with Crippen molar-refractivity contribution in [1.29, 1.82) is 0 Å². The smallest absolute Gasteiger partial charge is 0.303 e. The molecule has 2 aromatic carbocycles. The van der Waals surface area contributed by atoms with Crippen LogP contribution in [0.3, 0.4) is 0 Å². The highest BCUT2D eigenvalue weighted by molar-refractivity contribution is 5.93. The van der Waals surface area contributed by atoms with Crippen LogP contribution in [0.4, 0.5) is 14.9 Å². The quantitative estimate of drug-likeness (QED) is 0.550. The highest BCUT2D eigenvalue weighted by Gasteiger charge is 2.28. The summed E-state index contributed by atoms with van der Waals surface area (Å²) in [5.74, 6) is 0.359. The van der Waals surface area contributed by atoms with Gasteiger partial charge in [-0.1, -0.05) is 29.8 Å². The molecule has 0 unspecified atom stereocenters. The van der Waals surface area contributed by atoms with Gasteiger partial charge < -0.3 is 9.47 Å². The van der Waals surface area contributed by atoms with Gasteiger partial charge in [-0.05, 0) is 45.1 Å². The molecular weight excluding hydrogens is 407 g/mol. The molecule has 8 heteroatoms. The molecule has 1 fully saturated rings. The molecule has 32 heavy (non-hydrogen) atoms. The predicted molar refractivity (Wildman–Crippen MR) is 124 cm³/mol. The molecule has 0 saturated carbocycles. The van der Waals surface area contributed by atoms with Gasteiger partial charge in [0.1, 0.15) is 11.6 Å². The molecule has 0 radical (unpaired) electrons. The number of hydrogen-bond donors (Lipinski definition) is 0. The average molecular weight is 435 g/mol. The zero-order valence-electron chi connectivity index (χ0n) is 18.6. The fraction of sp³-hybridized carbons (Fsp3) is 0.292. The van der Waals surface area contributed by atoms with Crippen LogP contribution in [-0.2, 0) is 6.54 Å². The van der Waals surface area contributed by atoms with Gasteiger partial charge in [-0.15, -0.1) is 0 Å². The molecule has 7 nitrogen and oxygen atoms in total. The Morgan fingerprint density at radius 3 is 2.66 bits per heavy atom. The molecule has 1 aliphatic rings. The van der Waals surface area contributed by atoms with Crippen LogP contribution in [0.1, 0.15) is 23.4 Å². The van der Waals surface area contributed by atoms with Gasteiger partial charge in [-0.3, -0.25) is 4.90 Å². The number of urea groups is 1. The van der Waals surface area contributed by atoms with Crippen molar-refractivity contribution in [2.24, 2.45) is 5.10 Å². The van der Waals surface area contributed by atoms with Crippen LogP contribution in [0.25, 0.3) is 5.69 Å². The first-order chi connectivity index (χ1) is 15.4. The molecule has 4 rings (SSSR count). The van der Waals surface area contributed by atoms with E-state index in [0.29, 0.717) is 31.7 Å². The number of aryl methyl sites for hydroxylation is 1. The summed E-state index contributed by atoms with van der Waals surface area (Å²) in [7, 11) is 3.91. The fourth-order valence-electron chi connectivity index (χ4n) is 3.66. The lowest BCUT2D eigenvalue weighted by Crippen LogP contribution is -2.47. The van der Waals surface area contributed by atoms with Crippen LogP contribution >= 0.6 is 0 Å². The summed E-state index contributed by atoms with van der Waals surface area (Å²) in [4.78, 5) is 20.8. The van der Waals surface area contributed by atoms with Crippen molar-refractivity contribution in [3.63, 3.8) is 0 Å². The lowest BCUT2D eigenvalue weighted by Gasteiger charge is -2.32. The van der Waals surface area contributed by atoms with Gasteiger partial charge in [0.25, 0.3) is 0 Å². The molecule has 166 valence electrons. The van der Waals surface area contributed by atoms with E-state index in [-0.39, 0.29) is 11.7 Å². The number of anilines is 1. The number of hydrogen-bond acceptors (Lipinski definition) is 4. The van der Waals surface area contributed by atoms with Crippen LogP contribution in [0.2, 0.25) is 0 Å². The molecule has 0 atom stereocenters. The van der Waals surface area contributed by atoms with Gasteiger partial charge in [-0.25, -0.2) is 19.2 Å². The molecule has 2 amide bonds. The summed E-state index contributed by atoms with van der Waals surface area (Å²) in [5, 5.41) is 5.74. The molecule has 0 spiro atoms. The summed E-state index contributed by atoms with van der Waals surface area (Å²) in [6, 6.07) is 12.4. The normalized spacial score (nSPS) is 14.7. The molecule has 0 aliphatic carbocycles. The van der Waals surface area contributed by atoms with Gasteiger partial charge in [-0.2, -0.15) is 5.10 Å². The molecule has 1 aliphatic heterocycles. The number of rotatable bonds is 6. The number of nitrogens with zero attached hydrogens (tertiary/aromatic N) is 6. The lowest BCUT2D eigenvalue weighted by atomic mass is 10.2. The number of hydrazone groups is 1. The second-order valence-corrected chi connectivity index (χ2v) is 8.15. The second-order valence-electron chi connectivity index (χ2n) is 8.15. The molecule has 0 N–H and O–H groups in total. The lowest BCUT2D eigenvalue weighted by molar-refractivity contribution is 0.198. The number of carbonyl (C=O) groups is 1. The van der Waals surface area contributed by atoms with Crippen molar-refractivity contribution < 1.29 is 9.18 Å². The van der Waals surface area contributed by atoms with Crippen LogP contribution in [0.5, 0.6) is 0 Å². The standard InChI is InChI=1S/C24H27FN6O/c1-18-5-7-19(8-6-18)16-27-31-13-4-12-30(24(31)32)22-10-9-20(15-21(22)25)29-14-11-26-23(29)17-28(2)3/h5-11,14-16H,4,12-13,17H2,1-3H3/b27-16+. The van der Waals surface area contributed by atoms with E-state index in [1.54, 1.807) is 30.7 Å². The first kappa shape index (κ1) is 21.7. The van der Waals surface area contributed by atoms with E-state index in [4.69, 9.17) is 0 Å². The van der Waals surface area contributed by atoms with Gasteiger partial charge in [0.05, 0.1) is 18.4 Å². The zero-order chi connectivity index (χ0) is 22.7. The number of imidazole rings is 1. The van der Waals surface area contributed by atoms with E-state index in [1.807, 2.05) is 54.8 Å². The monoisotopic (exact) mass is 434 g/mol. The van der Waals surface area contributed by atoms with Crippen molar-refractivity contribution in [2.75, 3.05) is 32.1 Å². The Kier molecular flexibility index (Phi) is 6.32. The van der Waals surface area contributed by atoms with Gasteiger partial charge in [0.15, 0.2) is 0 Å². The first-order valence-electron chi connectivity index (χ1n) is 10.6. The van der Waals surface area contributed by atoms with Gasteiger partial charge in [0.2, 0.25) is 0 Å². The Morgan fingerprint density at radius 1 is 1.16 bits per heavy atom. The Bertz CT molecular complexity index is 1120. The molecule has 1 saturated heterocycles. The van der Waals surface area contributed by atoms with Crippen molar-refractivity contribution in [1.82, 2.24) is 19.5 Å². The van der Waals surface area contributed by atoms with Gasteiger partial charge in [0, 0.05) is 37.2 Å². The summed E-state index contributed by atoms with van der Waals surface area (Å²) >= 11 is 0. The third-order valence-electron chi connectivity index (χ3n) is 5.30. The predicted octanol–water partition coefficient (Wildman–Crippen LogP) is 4.05. The molecular formula is C24H27FN6O. The maximum atomic E-state index is 15.1. The number of carbonyl (C=O) groups excluding carboxylic acids is 1. The second kappa shape index (κ2) is 9.32. The average Bonchev–Trinajstić information content (AvgIpc) is 3.22. The third kappa shape index (κ3) is 4.70. The van der Waals surface area contributed by atoms with Crippen molar-refractivity contribution in [3.05, 3.63) is 77.6 Å². The summed E-state index contributed by atoms with van der Waals surface area (Å²) in [5.41, 5.74) is 2.98. The molecule has 0 bridgehead atoms. The Morgan fingerprint density at radius 2 is 1.94 bits per heavy atom. The number of halogens is 1. The zero-order valence-corrected chi connectivity index (χ0v) is 18.6. The highest BCUT2D eigenvalue weighted by Crippen LogP contribution is 2.26. The minimum Gasteiger partial charge on any atom is -0.303 e. The fourth-order valence-corrected chi connectivity index (χ4v) is 3.66. The van der Waals surface area contributed by atoms with E-state index in [2.05, 4.69) is 10.1 Å². The Hall–Kier alpha value is -3.52. The van der Waals surface area contributed by atoms with E-state index in [1.165, 1.54) is 16.0 Å². The van der Waals surface area contributed by atoms with Crippen LogP contribution < -0.4 is 4.90 Å². The summed E-state index contributed by atoms with van der Waals surface area (Å²) < 4.78 is 17.0. The van der Waals surface area contributed by atoms with Crippen LogP contribution in [0, 0.1) is 12.7 Å². The Balaban J connectivity index is 1.53. The van der Waals surface area contributed by atoms with Crippen molar-refractivity contribution in [3.8, 4) is 5.69 Å². The summed E-state index contributed by atoms with van der Waals surface area (Å²) in [6.45, 7) is 3.60. The van der Waals surface area contributed by atoms with E-state index < -0.39 is 5.82 Å². The topological polar surface area (TPSA) is 57.0 Å². The minimum absolute atomic E-state index is 0.253. The van der Waals surface area contributed by atoms with Crippen LogP contribution in [-0.4, -0.2) is 58.9 Å². The van der Waals surface area contributed by atoms with Crippen LogP contribution in [0.15, 0.2) is 60.0 Å². The summed E-state index contributed by atoms with van der Waals surface area (Å²) in [6.07, 6.45) is 5.86. The largest absolute Gasteiger partial charge is 0.344 e. The maximum Gasteiger partial charge on any atom is 0.344 e. The highest BCUT2D eigenvalue weighted by atomic mass is 19.1. The third-order valence-corrected chi connectivity index (χ3v) is 5.30. The minimum atomic E-state index is -0.454. The Labute approximate surface area is 187 Å². The SMILES string of the molecule is Cc1ccc(/C=N/N2CCCN(c3ccc(-n4ccnc4CN(C)C)cc3F)C2=O)cc1. The van der Waals surface area contributed by atoms with Crippen molar-refractivity contribution >= 4 is 17.9 Å². The maximum absolute atomic E-state index is 15.1. The molecule has 3 aromatic rings. The van der Waals surface area contributed by atoms with E-state index in [9.17, 15) is 4.79 Å². The van der Waals surface area contributed by atoms with E-state index in [0.717, 1.165) is 17.0 Å². The number of amides is 2. The number of aromatic nitrogens is 2.